The van der Waals surface area contributed by atoms with Gasteiger partial charge in [-0.2, -0.15) is 0 Å². The van der Waals surface area contributed by atoms with Gasteiger partial charge in [-0.1, -0.05) is 22.9 Å². The van der Waals surface area contributed by atoms with Gasteiger partial charge in [0, 0.05) is 15.5 Å². The van der Waals surface area contributed by atoms with Gasteiger partial charge in [-0.05, 0) is 55.1 Å². The number of hydrogen-bond acceptors (Lipinski definition) is 4. The molecule has 2 aromatic carbocycles. The molecule has 0 fully saturated rings. The number of aromatic nitrogens is 1. The molecule has 1 N–H and O–H groups in total. The van der Waals surface area contributed by atoms with Crippen molar-refractivity contribution in [3.63, 3.8) is 0 Å². The first-order valence-electron chi connectivity index (χ1n) is 6.59. The molecule has 1 aromatic heterocycles. The fraction of sp³-hybridized carbons (Fsp3) is 0.125. The third-order valence-electron chi connectivity index (χ3n) is 3.32. The van der Waals surface area contributed by atoms with Crippen LogP contribution in [0.3, 0.4) is 0 Å². The fourth-order valence-electron chi connectivity index (χ4n) is 2.07. The molecule has 0 aliphatic heterocycles. The number of thioether (sulfide) groups is 1. The van der Waals surface area contributed by atoms with Crippen molar-refractivity contribution < 1.29 is 4.79 Å². The maximum absolute atomic E-state index is 12.3. The quantitative estimate of drug-likeness (QED) is 0.659. The maximum Gasteiger partial charge on any atom is 0.257 e. The fourth-order valence-corrected chi connectivity index (χ4v) is 3.55. The van der Waals surface area contributed by atoms with Crippen molar-refractivity contribution >= 4 is 56.0 Å². The second-order valence-corrected chi connectivity index (χ2v) is 7.04. The van der Waals surface area contributed by atoms with Crippen LogP contribution in [-0.4, -0.2) is 17.1 Å². The molecular formula is C16H13ClN2OS2. The summed E-state index contributed by atoms with van der Waals surface area (Å²) in [6.07, 6.45) is 2.00. The van der Waals surface area contributed by atoms with E-state index in [2.05, 4.69) is 10.3 Å². The van der Waals surface area contributed by atoms with Gasteiger partial charge in [0.05, 0.1) is 10.2 Å². The average Bonchev–Trinajstić information content (AvgIpc) is 2.94. The van der Waals surface area contributed by atoms with Gasteiger partial charge < -0.3 is 0 Å². The molecule has 0 atom stereocenters. The lowest BCUT2D eigenvalue weighted by Gasteiger charge is -2.02. The van der Waals surface area contributed by atoms with E-state index in [4.69, 9.17) is 11.6 Å². The number of amides is 1. The van der Waals surface area contributed by atoms with E-state index in [1.165, 1.54) is 11.3 Å². The molecule has 0 aliphatic rings. The molecule has 3 aromatic rings. The molecule has 6 heteroatoms. The van der Waals surface area contributed by atoms with Gasteiger partial charge in [0.25, 0.3) is 5.91 Å². The lowest BCUT2D eigenvalue weighted by Crippen LogP contribution is -2.11. The highest BCUT2D eigenvalue weighted by Gasteiger charge is 2.12. The van der Waals surface area contributed by atoms with Crippen molar-refractivity contribution in [3.05, 3.63) is 52.5 Å². The summed E-state index contributed by atoms with van der Waals surface area (Å²) in [7, 11) is 0. The lowest BCUT2D eigenvalue weighted by molar-refractivity contribution is 0.102. The van der Waals surface area contributed by atoms with Crippen LogP contribution in [0, 0.1) is 6.92 Å². The van der Waals surface area contributed by atoms with Crippen LogP contribution in [0.4, 0.5) is 5.13 Å². The number of aryl methyl sites for hydroxylation is 1. The zero-order chi connectivity index (χ0) is 15.7. The molecule has 112 valence electrons. The number of nitrogens with one attached hydrogen (secondary N) is 1. The SMILES string of the molecule is CSc1ccc(C(=O)Nc2nc3c(C)c(Cl)ccc3s2)cc1. The molecule has 22 heavy (non-hydrogen) atoms. The molecule has 1 heterocycles. The van der Waals surface area contributed by atoms with Gasteiger partial charge in [-0.3, -0.25) is 10.1 Å². The van der Waals surface area contributed by atoms with Crippen LogP contribution in [0.25, 0.3) is 10.2 Å². The molecule has 3 rings (SSSR count). The van der Waals surface area contributed by atoms with Crippen LogP contribution in [-0.2, 0) is 0 Å². The zero-order valence-electron chi connectivity index (χ0n) is 12.0. The number of thiazole rings is 1. The van der Waals surface area contributed by atoms with Gasteiger partial charge in [-0.25, -0.2) is 4.98 Å². The van der Waals surface area contributed by atoms with Crippen LogP contribution >= 0.6 is 34.7 Å². The largest absolute Gasteiger partial charge is 0.298 e. The number of benzene rings is 2. The summed E-state index contributed by atoms with van der Waals surface area (Å²) in [5, 5.41) is 4.12. The minimum absolute atomic E-state index is 0.157. The van der Waals surface area contributed by atoms with E-state index in [0.29, 0.717) is 15.7 Å². The summed E-state index contributed by atoms with van der Waals surface area (Å²) in [4.78, 5) is 17.9. The van der Waals surface area contributed by atoms with Crippen molar-refractivity contribution in [2.75, 3.05) is 11.6 Å². The van der Waals surface area contributed by atoms with Crippen molar-refractivity contribution in [1.82, 2.24) is 4.98 Å². The Labute approximate surface area is 141 Å². The number of fused-ring (bicyclic) bond motifs is 1. The van der Waals surface area contributed by atoms with Gasteiger partial charge in [0.2, 0.25) is 0 Å². The van der Waals surface area contributed by atoms with Crippen molar-refractivity contribution in [3.8, 4) is 0 Å². The molecule has 0 saturated heterocycles. The summed E-state index contributed by atoms with van der Waals surface area (Å²) in [6.45, 7) is 1.93. The Morgan fingerprint density at radius 1 is 1.23 bits per heavy atom. The Bertz CT molecular complexity index is 843. The van der Waals surface area contributed by atoms with E-state index in [9.17, 15) is 4.79 Å². The highest BCUT2D eigenvalue weighted by molar-refractivity contribution is 7.98. The Kier molecular flexibility index (Phi) is 4.38. The number of anilines is 1. The standard InChI is InChI=1S/C16H13ClN2OS2/c1-9-12(17)7-8-13-14(9)18-16(22-13)19-15(20)10-3-5-11(21-2)6-4-10/h3-8H,1-2H3,(H,18,19,20). The second-order valence-electron chi connectivity index (χ2n) is 4.72. The lowest BCUT2D eigenvalue weighted by atomic mass is 10.2. The molecule has 0 unspecified atom stereocenters. The third kappa shape index (κ3) is 2.97. The van der Waals surface area contributed by atoms with Crippen molar-refractivity contribution in [1.29, 1.82) is 0 Å². The first kappa shape index (κ1) is 15.3. The van der Waals surface area contributed by atoms with Crippen molar-refractivity contribution in [2.45, 2.75) is 11.8 Å². The topological polar surface area (TPSA) is 42.0 Å². The predicted octanol–water partition coefficient (Wildman–Crippen LogP) is 5.23. The highest BCUT2D eigenvalue weighted by Crippen LogP contribution is 2.31. The first-order chi connectivity index (χ1) is 10.6. The van der Waals surface area contributed by atoms with E-state index in [0.717, 1.165) is 20.7 Å². The molecule has 0 bridgehead atoms. The number of rotatable bonds is 3. The van der Waals surface area contributed by atoms with Gasteiger partial charge >= 0.3 is 0 Å². The number of nitrogens with zero attached hydrogens (tertiary/aromatic N) is 1. The van der Waals surface area contributed by atoms with Crippen LogP contribution in [0.15, 0.2) is 41.3 Å². The summed E-state index contributed by atoms with van der Waals surface area (Å²) in [5.41, 5.74) is 2.39. The first-order valence-corrected chi connectivity index (χ1v) is 9.01. The van der Waals surface area contributed by atoms with Gasteiger partial charge in [0.1, 0.15) is 0 Å². The van der Waals surface area contributed by atoms with Gasteiger partial charge in [-0.15, -0.1) is 11.8 Å². The Morgan fingerprint density at radius 2 is 1.95 bits per heavy atom. The van der Waals surface area contributed by atoms with E-state index < -0.39 is 0 Å². The Morgan fingerprint density at radius 3 is 2.64 bits per heavy atom. The van der Waals surface area contributed by atoms with Crippen molar-refractivity contribution in [2.24, 2.45) is 0 Å². The summed E-state index contributed by atoms with van der Waals surface area (Å²) in [6, 6.07) is 11.3. The second kappa shape index (κ2) is 6.28. The molecule has 0 radical (unpaired) electrons. The molecule has 3 nitrogen and oxygen atoms in total. The molecule has 1 amide bonds. The van der Waals surface area contributed by atoms with Crippen LogP contribution in [0.2, 0.25) is 5.02 Å². The van der Waals surface area contributed by atoms with E-state index >= 15 is 0 Å². The summed E-state index contributed by atoms with van der Waals surface area (Å²) >= 11 is 9.19. The molecular weight excluding hydrogens is 336 g/mol. The van der Waals surface area contributed by atoms with Crippen LogP contribution in [0.5, 0.6) is 0 Å². The highest BCUT2D eigenvalue weighted by atomic mass is 35.5. The predicted molar refractivity (Wildman–Crippen MR) is 95.5 cm³/mol. The number of carbonyl (C=O) groups is 1. The van der Waals surface area contributed by atoms with Crippen LogP contribution < -0.4 is 5.32 Å². The summed E-state index contributed by atoms with van der Waals surface area (Å²) < 4.78 is 1.01. The Balaban J connectivity index is 1.85. The minimum atomic E-state index is -0.157. The van der Waals surface area contributed by atoms with E-state index in [1.54, 1.807) is 11.8 Å². The molecule has 0 spiro atoms. The number of hydrogen-bond donors (Lipinski definition) is 1. The maximum atomic E-state index is 12.3. The molecule has 0 saturated carbocycles. The van der Waals surface area contributed by atoms with Crippen LogP contribution in [0.1, 0.15) is 15.9 Å². The van der Waals surface area contributed by atoms with E-state index in [-0.39, 0.29) is 5.91 Å². The number of halogens is 1. The molecule has 0 aliphatic carbocycles. The zero-order valence-corrected chi connectivity index (χ0v) is 14.4. The number of carbonyl (C=O) groups excluding carboxylic acids is 1. The normalized spacial score (nSPS) is 10.9. The van der Waals surface area contributed by atoms with Gasteiger partial charge in [0.15, 0.2) is 5.13 Å². The van der Waals surface area contributed by atoms with E-state index in [1.807, 2.05) is 49.6 Å². The average molecular weight is 349 g/mol. The third-order valence-corrected chi connectivity index (χ3v) is 5.41. The monoisotopic (exact) mass is 348 g/mol. The minimum Gasteiger partial charge on any atom is -0.298 e. The summed E-state index contributed by atoms with van der Waals surface area (Å²) in [5.74, 6) is -0.157. The Hall–Kier alpha value is -1.56. The smallest absolute Gasteiger partial charge is 0.257 e.